The molecule has 0 spiro atoms. The zero-order valence-electron chi connectivity index (χ0n) is 13.4. The van der Waals surface area contributed by atoms with E-state index in [1.54, 1.807) is 12.1 Å². The summed E-state index contributed by atoms with van der Waals surface area (Å²) in [6.07, 6.45) is 0. The van der Waals surface area contributed by atoms with Gasteiger partial charge in [0.2, 0.25) is 0 Å². The third-order valence-electron chi connectivity index (χ3n) is 4.30. The monoisotopic (exact) mass is 353 g/mol. The summed E-state index contributed by atoms with van der Waals surface area (Å²) in [6.45, 7) is 0.0314. The molecule has 1 fully saturated rings. The number of urea groups is 1. The Balaban J connectivity index is 1.60. The highest BCUT2D eigenvalue weighted by molar-refractivity contribution is 6.24. The molecule has 8 heteroatoms. The number of amides is 5. The molecule has 2 heterocycles. The van der Waals surface area contributed by atoms with Crippen molar-refractivity contribution in [1.29, 1.82) is 0 Å². The first kappa shape index (κ1) is 15.9. The van der Waals surface area contributed by atoms with Crippen molar-refractivity contribution >= 4 is 29.4 Å². The first-order valence-corrected chi connectivity index (χ1v) is 7.80. The van der Waals surface area contributed by atoms with Crippen LogP contribution in [0.4, 0.5) is 14.9 Å². The number of hydrogen-bond donors (Lipinski definition) is 1. The number of rotatable bonds is 3. The van der Waals surface area contributed by atoms with Gasteiger partial charge in [0.25, 0.3) is 17.7 Å². The number of imide groups is 2. The van der Waals surface area contributed by atoms with Crippen LogP contribution in [-0.4, -0.2) is 35.2 Å². The van der Waals surface area contributed by atoms with Crippen molar-refractivity contribution in [2.75, 3.05) is 11.4 Å². The molecule has 1 N–H and O–H groups in total. The summed E-state index contributed by atoms with van der Waals surface area (Å²) in [7, 11) is 0. The average molecular weight is 353 g/mol. The molecule has 5 amide bonds. The lowest BCUT2D eigenvalue weighted by atomic mass is 10.1. The van der Waals surface area contributed by atoms with E-state index in [2.05, 4.69) is 5.32 Å². The lowest BCUT2D eigenvalue weighted by molar-refractivity contribution is -0.116. The van der Waals surface area contributed by atoms with Gasteiger partial charge in [0, 0.05) is 6.54 Å². The van der Waals surface area contributed by atoms with Crippen LogP contribution in [0.5, 0.6) is 0 Å². The van der Waals surface area contributed by atoms with Gasteiger partial charge in [0.15, 0.2) is 0 Å². The Morgan fingerprint density at radius 2 is 1.62 bits per heavy atom. The van der Waals surface area contributed by atoms with Crippen molar-refractivity contribution in [3.8, 4) is 0 Å². The lowest BCUT2D eigenvalue weighted by Gasteiger charge is -2.17. The summed E-state index contributed by atoms with van der Waals surface area (Å²) in [5.74, 6) is -1.89. The maximum Gasteiger partial charge on any atom is 0.332 e. The third-order valence-corrected chi connectivity index (χ3v) is 4.30. The van der Waals surface area contributed by atoms with E-state index in [1.165, 1.54) is 35.2 Å². The number of nitrogens with one attached hydrogen (secondary N) is 1. The largest absolute Gasteiger partial charge is 0.332 e. The molecule has 0 bridgehead atoms. The van der Waals surface area contributed by atoms with Crippen LogP contribution in [-0.2, 0) is 11.3 Å². The number of carbonyl (C=O) groups is 4. The second-order valence-electron chi connectivity index (χ2n) is 6.01. The predicted octanol–water partition coefficient (Wildman–Crippen LogP) is 1.68. The first-order chi connectivity index (χ1) is 12.4. The highest BCUT2D eigenvalue weighted by atomic mass is 19.1. The summed E-state index contributed by atoms with van der Waals surface area (Å²) < 4.78 is 13.0. The molecule has 0 saturated carbocycles. The SMILES string of the molecule is O=C1NC(=O)c2cc(N3C(=O)CN(Cc4ccc(F)cc4)C3=O)ccc21. The molecule has 130 valence electrons. The zero-order chi connectivity index (χ0) is 18.4. The fourth-order valence-electron chi connectivity index (χ4n) is 3.03. The Morgan fingerprint density at radius 3 is 2.35 bits per heavy atom. The van der Waals surface area contributed by atoms with Gasteiger partial charge in [-0.1, -0.05) is 12.1 Å². The molecule has 0 unspecified atom stereocenters. The molecule has 4 rings (SSSR count). The van der Waals surface area contributed by atoms with Gasteiger partial charge in [-0.05, 0) is 35.9 Å². The topological polar surface area (TPSA) is 86.8 Å². The van der Waals surface area contributed by atoms with Crippen LogP contribution < -0.4 is 10.2 Å². The molecule has 7 nitrogen and oxygen atoms in total. The molecule has 26 heavy (non-hydrogen) atoms. The molecule has 0 aromatic heterocycles. The van der Waals surface area contributed by atoms with Gasteiger partial charge in [0.1, 0.15) is 12.4 Å². The molecule has 2 aromatic carbocycles. The van der Waals surface area contributed by atoms with E-state index in [9.17, 15) is 23.6 Å². The van der Waals surface area contributed by atoms with Crippen molar-refractivity contribution in [2.45, 2.75) is 6.54 Å². The predicted molar refractivity (Wildman–Crippen MR) is 87.9 cm³/mol. The van der Waals surface area contributed by atoms with Crippen LogP contribution in [0, 0.1) is 5.82 Å². The molecular formula is C18H12FN3O4. The molecule has 0 radical (unpaired) electrons. The quantitative estimate of drug-likeness (QED) is 0.672. The van der Waals surface area contributed by atoms with Crippen LogP contribution in [0.3, 0.4) is 0 Å². The molecule has 2 aromatic rings. The minimum absolute atomic E-state index is 0.127. The molecular weight excluding hydrogens is 341 g/mol. The van der Waals surface area contributed by atoms with Crippen LogP contribution >= 0.6 is 0 Å². The molecule has 2 aliphatic rings. The maximum atomic E-state index is 13.0. The molecule has 1 saturated heterocycles. The number of fused-ring (bicyclic) bond motifs is 1. The molecule has 0 aliphatic carbocycles. The summed E-state index contributed by atoms with van der Waals surface area (Å²) in [5.41, 5.74) is 1.25. The smallest absolute Gasteiger partial charge is 0.310 e. The number of benzene rings is 2. The van der Waals surface area contributed by atoms with E-state index in [4.69, 9.17) is 0 Å². The van der Waals surface area contributed by atoms with Crippen molar-refractivity contribution in [3.05, 3.63) is 65.0 Å². The summed E-state index contributed by atoms with van der Waals surface area (Å²) in [6, 6.07) is 9.33. The van der Waals surface area contributed by atoms with Crippen LogP contribution in [0.15, 0.2) is 42.5 Å². The van der Waals surface area contributed by atoms with Crippen molar-refractivity contribution in [1.82, 2.24) is 10.2 Å². The fourth-order valence-corrected chi connectivity index (χ4v) is 3.03. The van der Waals surface area contributed by atoms with E-state index in [0.717, 1.165) is 4.90 Å². The van der Waals surface area contributed by atoms with Crippen LogP contribution in [0.25, 0.3) is 0 Å². The highest BCUT2D eigenvalue weighted by Gasteiger charge is 2.38. The Hall–Kier alpha value is -3.55. The normalized spacial score (nSPS) is 16.3. The van der Waals surface area contributed by atoms with Crippen molar-refractivity contribution in [2.24, 2.45) is 0 Å². The Kier molecular flexibility index (Phi) is 3.54. The summed E-state index contributed by atoms with van der Waals surface area (Å²) in [5, 5.41) is 2.16. The minimum Gasteiger partial charge on any atom is -0.310 e. The van der Waals surface area contributed by atoms with Gasteiger partial charge in [-0.3, -0.25) is 19.7 Å². The molecule has 2 aliphatic heterocycles. The second kappa shape index (κ2) is 5.76. The van der Waals surface area contributed by atoms with Gasteiger partial charge in [0.05, 0.1) is 16.8 Å². The zero-order valence-corrected chi connectivity index (χ0v) is 13.4. The Bertz CT molecular complexity index is 971. The number of anilines is 1. The van der Waals surface area contributed by atoms with Crippen LogP contribution in [0.2, 0.25) is 0 Å². The van der Waals surface area contributed by atoms with Crippen LogP contribution in [0.1, 0.15) is 26.3 Å². The number of halogens is 1. The van der Waals surface area contributed by atoms with Gasteiger partial charge < -0.3 is 4.90 Å². The molecule has 0 atom stereocenters. The van der Waals surface area contributed by atoms with E-state index in [1.807, 2.05) is 0 Å². The van der Waals surface area contributed by atoms with E-state index < -0.39 is 23.8 Å². The summed E-state index contributed by atoms with van der Waals surface area (Å²) >= 11 is 0. The highest BCUT2D eigenvalue weighted by Crippen LogP contribution is 2.27. The first-order valence-electron chi connectivity index (χ1n) is 7.80. The number of nitrogens with zero attached hydrogens (tertiary/aromatic N) is 2. The van der Waals surface area contributed by atoms with Gasteiger partial charge in [-0.25, -0.2) is 14.1 Å². The number of carbonyl (C=O) groups excluding carboxylic acids is 4. The second-order valence-corrected chi connectivity index (χ2v) is 6.01. The van der Waals surface area contributed by atoms with Gasteiger partial charge >= 0.3 is 6.03 Å². The fraction of sp³-hybridized carbons (Fsp3) is 0.111. The van der Waals surface area contributed by atoms with E-state index >= 15 is 0 Å². The Labute approximate surface area is 147 Å². The van der Waals surface area contributed by atoms with Gasteiger partial charge in [-0.2, -0.15) is 0 Å². The minimum atomic E-state index is -0.561. The Morgan fingerprint density at radius 1 is 0.923 bits per heavy atom. The third kappa shape index (κ3) is 2.52. The van der Waals surface area contributed by atoms with Crippen molar-refractivity contribution in [3.63, 3.8) is 0 Å². The van der Waals surface area contributed by atoms with Crippen molar-refractivity contribution < 1.29 is 23.6 Å². The van der Waals surface area contributed by atoms with E-state index in [0.29, 0.717) is 5.56 Å². The van der Waals surface area contributed by atoms with Gasteiger partial charge in [-0.15, -0.1) is 0 Å². The van der Waals surface area contributed by atoms with E-state index in [-0.39, 0.29) is 35.7 Å². The lowest BCUT2D eigenvalue weighted by Crippen LogP contribution is -2.32. The summed E-state index contributed by atoms with van der Waals surface area (Å²) in [4.78, 5) is 50.6. The standard InChI is InChI=1S/C18H12FN3O4/c19-11-3-1-10(2-4-11)8-21-9-15(23)22(18(21)26)12-5-6-13-14(7-12)17(25)20-16(13)24/h1-7H,8-9H2,(H,20,24,25). The number of hydrogen-bond acceptors (Lipinski definition) is 4. The maximum absolute atomic E-state index is 13.0. The average Bonchev–Trinajstić information content (AvgIpc) is 3.05.